The highest BCUT2D eigenvalue weighted by Crippen LogP contribution is 2.26. The lowest BCUT2D eigenvalue weighted by Gasteiger charge is -2.31. The van der Waals surface area contributed by atoms with E-state index < -0.39 is 5.54 Å². The number of nitrogens with two attached hydrogens (primary N) is 1. The van der Waals surface area contributed by atoms with Crippen LogP contribution in [0.5, 0.6) is 0 Å². The number of primary amides is 1. The average molecular weight is 232 g/mol. The van der Waals surface area contributed by atoms with Crippen LogP contribution in [0.25, 0.3) is 0 Å². The number of hydrogen-bond acceptors (Lipinski definition) is 2. The van der Waals surface area contributed by atoms with Gasteiger partial charge in [-0.25, -0.2) is 0 Å². The lowest BCUT2D eigenvalue weighted by molar-refractivity contribution is -0.124. The Kier molecular flexibility index (Phi) is 3.48. The fourth-order valence-corrected chi connectivity index (χ4v) is 2.55. The minimum Gasteiger partial charge on any atom is -0.368 e. The first-order valence-corrected chi connectivity index (χ1v) is 6.26. The molecular formula is C14H20N2O. The second kappa shape index (κ2) is 4.88. The van der Waals surface area contributed by atoms with Crippen LogP contribution in [-0.2, 0) is 10.3 Å². The lowest BCUT2D eigenvalue weighted by Crippen LogP contribution is -2.53. The topological polar surface area (TPSA) is 55.1 Å². The number of amides is 1. The van der Waals surface area contributed by atoms with E-state index in [4.69, 9.17) is 5.73 Å². The fraction of sp³-hybridized carbons (Fsp3) is 0.500. The van der Waals surface area contributed by atoms with Gasteiger partial charge in [-0.2, -0.15) is 0 Å². The molecule has 3 heteroatoms. The molecule has 0 aromatic heterocycles. The minimum absolute atomic E-state index is 0.310. The molecule has 1 aromatic rings. The Morgan fingerprint density at radius 1 is 1.29 bits per heavy atom. The molecule has 1 amide bonds. The zero-order chi connectivity index (χ0) is 12.3. The molecule has 0 heterocycles. The normalized spacial score (nSPS) is 20.1. The molecule has 0 spiro atoms. The summed E-state index contributed by atoms with van der Waals surface area (Å²) >= 11 is 0. The van der Waals surface area contributed by atoms with Gasteiger partial charge in [0.05, 0.1) is 0 Å². The Hall–Kier alpha value is -1.35. The average Bonchev–Trinajstić information content (AvgIpc) is 2.82. The van der Waals surface area contributed by atoms with Gasteiger partial charge in [-0.3, -0.25) is 10.1 Å². The van der Waals surface area contributed by atoms with Crippen LogP contribution in [0, 0.1) is 0 Å². The number of rotatable bonds is 4. The van der Waals surface area contributed by atoms with E-state index >= 15 is 0 Å². The van der Waals surface area contributed by atoms with Crippen LogP contribution in [0.1, 0.15) is 38.2 Å². The molecule has 1 saturated carbocycles. The van der Waals surface area contributed by atoms with Gasteiger partial charge in [0, 0.05) is 6.04 Å². The second-order valence-electron chi connectivity index (χ2n) is 4.98. The first kappa shape index (κ1) is 12.1. The highest BCUT2D eigenvalue weighted by Gasteiger charge is 2.35. The lowest BCUT2D eigenvalue weighted by atomic mass is 9.90. The van der Waals surface area contributed by atoms with Gasteiger partial charge >= 0.3 is 0 Å². The molecule has 17 heavy (non-hydrogen) atoms. The van der Waals surface area contributed by atoms with Gasteiger partial charge in [0.25, 0.3) is 0 Å². The van der Waals surface area contributed by atoms with E-state index in [-0.39, 0.29) is 5.91 Å². The fourth-order valence-electron chi connectivity index (χ4n) is 2.55. The maximum Gasteiger partial charge on any atom is 0.242 e. The molecular weight excluding hydrogens is 212 g/mol. The Morgan fingerprint density at radius 3 is 2.41 bits per heavy atom. The Bertz CT molecular complexity index is 384. The molecule has 0 radical (unpaired) electrons. The van der Waals surface area contributed by atoms with Crippen molar-refractivity contribution in [3.8, 4) is 0 Å². The zero-order valence-corrected chi connectivity index (χ0v) is 10.3. The summed E-state index contributed by atoms with van der Waals surface area (Å²) in [5.74, 6) is -0.310. The van der Waals surface area contributed by atoms with Crippen molar-refractivity contribution in [3.05, 3.63) is 35.9 Å². The van der Waals surface area contributed by atoms with Crippen LogP contribution in [0.15, 0.2) is 30.3 Å². The third-order valence-corrected chi connectivity index (χ3v) is 3.69. The van der Waals surface area contributed by atoms with Gasteiger partial charge < -0.3 is 5.73 Å². The third kappa shape index (κ3) is 2.50. The Balaban J connectivity index is 2.23. The molecule has 0 saturated heterocycles. The molecule has 1 unspecified atom stereocenters. The summed E-state index contributed by atoms with van der Waals surface area (Å²) in [4.78, 5) is 11.8. The number of hydrogen-bond donors (Lipinski definition) is 2. The predicted molar refractivity (Wildman–Crippen MR) is 68.4 cm³/mol. The van der Waals surface area contributed by atoms with E-state index in [1.165, 1.54) is 12.8 Å². The van der Waals surface area contributed by atoms with Gasteiger partial charge in [0.2, 0.25) is 5.91 Å². The van der Waals surface area contributed by atoms with Crippen molar-refractivity contribution in [2.75, 3.05) is 0 Å². The van der Waals surface area contributed by atoms with Gasteiger partial charge in [-0.05, 0) is 25.3 Å². The molecule has 3 N–H and O–H groups in total. The summed E-state index contributed by atoms with van der Waals surface area (Å²) in [6.07, 6.45) is 4.74. The summed E-state index contributed by atoms with van der Waals surface area (Å²) in [5, 5.41) is 3.43. The highest BCUT2D eigenvalue weighted by atomic mass is 16.1. The number of carbonyl (C=O) groups excluding carboxylic acids is 1. The smallest absolute Gasteiger partial charge is 0.242 e. The first-order chi connectivity index (χ1) is 8.13. The van der Waals surface area contributed by atoms with E-state index in [9.17, 15) is 4.79 Å². The van der Waals surface area contributed by atoms with Crippen molar-refractivity contribution < 1.29 is 4.79 Å². The van der Waals surface area contributed by atoms with Crippen LogP contribution < -0.4 is 11.1 Å². The Morgan fingerprint density at radius 2 is 1.88 bits per heavy atom. The molecule has 92 valence electrons. The van der Waals surface area contributed by atoms with Crippen molar-refractivity contribution in [1.82, 2.24) is 5.32 Å². The maximum absolute atomic E-state index is 11.8. The summed E-state index contributed by atoms with van der Waals surface area (Å²) in [6.45, 7) is 1.88. The third-order valence-electron chi connectivity index (χ3n) is 3.69. The van der Waals surface area contributed by atoms with Gasteiger partial charge in [-0.1, -0.05) is 43.2 Å². The molecule has 0 aliphatic heterocycles. The molecule has 1 aromatic carbocycles. The van der Waals surface area contributed by atoms with Crippen LogP contribution in [0.3, 0.4) is 0 Å². The van der Waals surface area contributed by atoms with Crippen LogP contribution in [-0.4, -0.2) is 11.9 Å². The van der Waals surface area contributed by atoms with Crippen LogP contribution in [0.4, 0.5) is 0 Å². The minimum atomic E-state index is -0.754. The molecule has 1 atom stereocenters. The van der Waals surface area contributed by atoms with Crippen molar-refractivity contribution >= 4 is 5.91 Å². The predicted octanol–water partition coefficient (Wildman–Crippen LogP) is 1.92. The quantitative estimate of drug-likeness (QED) is 0.833. The molecule has 1 fully saturated rings. The molecule has 2 rings (SSSR count). The van der Waals surface area contributed by atoms with Gasteiger partial charge in [-0.15, -0.1) is 0 Å². The van der Waals surface area contributed by atoms with Crippen molar-refractivity contribution in [2.45, 2.75) is 44.2 Å². The summed E-state index contributed by atoms with van der Waals surface area (Å²) < 4.78 is 0. The van der Waals surface area contributed by atoms with Crippen LogP contribution in [0.2, 0.25) is 0 Å². The van der Waals surface area contributed by atoms with Crippen molar-refractivity contribution in [2.24, 2.45) is 5.73 Å². The Labute approximate surface area is 102 Å². The van der Waals surface area contributed by atoms with Gasteiger partial charge in [0.15, 0.2) is 0 Å². The zero-order valence-electron chi connectivity index (χ0n) is 10.3. The SMILES string of the molecule is CC(NC1CCCC1)(C(N)=O)c1ccccc1. The van der Waals surface area contributed by atoms with Crippen molar-refractivity contribution in [1.29, 1.82) is 0 Å². The molecule has 1 aliphatic rings. The van der Waals surface area contributed by atoms with Gasteiger partial charge in [0.1, 0.15) is 5.54 Å². The highest BCUT2D eigenvalue weighted by molar-refractivity contribution is 5.85. The first-order valence-electron chi connectivity index (χ1n) is 6.26. The van der Waals surface area contributed by atoms with E-state index in [2.05, 4.69) is 5.32 Å². The summed E-state index contributed by atoms with van der Waals surface area (Å²) in [7, 11) is 0. The van der Waals surface area contributed by atoms with E-state index in [1.807, 2.05) is 37.3 Å². The largest absolute Gasteiger partial charge is 0.368 e. The summed E-state index contributed by atoms with van der Waals surface area (Å²) in [5.41, 5.74) is 5.77. The standard InChI is InChI=1S/C14H20N2O/c1-14(13(15)17,11-7-3-2-4-8-11)16-12-9-5-6-10-12/h2-4,7-8,12,16H,5-6,9-10H2,1H3,(H2,15,17). The van der Waals surface area contributed by atoms with E-state index in [1.54, 1.807) is 0 Å². The molecule has 3 nitrogen and oxygen atoms in total. The molecule has 1 aliphatic carbocycles. The molecule has 0 bridgehead atoms. The van der Waals surface area contributed by atoms with Crippen LogP contribution >= 0.6 is 0 Å². The second-order valence-corrected chi connectivity index (χ2v) is 4.98. The monoisotopic (exact) mass is 232 g/mol. The number of carbonyl (C=O) groups is 1. The maximum atomic E-state index is 11.8. The van der Waals surface area contributed by atoms with E-state index in [0.29, 0.717) is 6.04 Å². The number of benzene rings is 1. The van der Waals surface area contributed by atoms with E-state index in [0.717, 1.165) is 18.4 Å². The summed E-state index contributed by atoms with van der Waals surface area (Å²) in [6, 6.07) is 10.1. The number of nitrogens with one attached hydrogen (secondary N) is 1. The van der Waals surface area contributed by atoms with Crippen molar-refractivity contribution in [3.63, 3.8) is 0 Å².